The molecule has 49 heavy (non-hydrogen) atoms. The van der Waals surface area contributed by atoms with Crippen molar-refractivity contribution in [3.8, 4) is 17.2 Å². The summed E-state index contributed by atoms with van der Waals surface area (Å²) in [4.78, 5) is 25.3. The van der Waals surface area contributed by atoms with Gasteiger partial charge in [0.05, 0.1) is 24.8 Å². The predicted octanol–water partition coefficient (Wildman–Crippen LogP) is 5.80. The minimum atomic E-state index is -1.44. The smallest absolute Gasteiger partial charge is 0.306 e. The summed E-state index contributed by atoms with van der Waals surface area (Å²) in [6.07, 6.45) is 29.9. The number of nitrogens with one attached hydrogen (secondary N) is 1. The molecule has 1 aromatic carbocycles. The topological polar surface area (TPSA) is 144 Å². The lowest BCUT2D eigenvalue weighted by atomic mass is 9.79. The summed E-state index contributed by atoms with van der Waals surface area (Å²) in [5.41, 5.74) is 1.04. The van der Waals surface area contributed by atoms with Gasteiger partial charge in [-0.25, -0.2) is 0 Å². The van der Waals surface area contributed by atoms with Crippen LogP contribution in [0.1, 0.15) is 80.6 Å². The fraction of sp³-hybridized carbons (Fsp3) is 0.436. The van der Waals surface area contributed by atoms with Crippen LogP contribution in [-0.2, 0) is 9.53 Å². The summed E-state index contributed by atoms with van der Waals surface area (Å²) in [6, 6.07) is 0.706. The molecule has 2 heterocycles. The van der Waals surface area contributed by atoms with Crippen LogP contribution in [-0.4, -0.2) is 71.6 Å². The summed E-state index contributed by atoms with van der Waals surface area (Å²) >= 11 is 0. The van der Waals surface area contributed by atoms with Gasteiger partial charge in [-0.3, -0.25) is 9.59 Å². The third kappa shape index (κ3) is 11.1. The number of amides is 1. The standard InChI is InChI=1S/C39H49NO9/c1-2-3-4-5-6-7-8-9-10-11-12-13-14-15-16-17-18-19-20-22-32(42)46-23-21-24-47-38-33-28(26-31-37(38)49-27-48-31)29-25-30(41)35(43)36(44)34(29)40-39(33)45/h3-4,6-7,9-10,12-13,15-16,18-19,25-26,30,34-36,41,43-44H,2,5,8,11,14,17,20-24,27H2,1H3,(H,40,45). The molecule has 3 aliphatic rings. The highest BCUT2D eigenvalue weighted by atomic mass is 16.7. The summed E-state index contributed by atoms with van der Waals surface area (Å²) in [7, 11) is 0. The quantitative estimate of drug-likeness (QED) is 0.0813. The molecule has 0 fully saturated rings. The molecular formula is C39H49NO9. The molecule has 0 saturated heterocycles. The fourth-order valence-electron chi connectivity index (χ4n) is 5.54. The molecule has 0 saturated carbocycles. The van der Waals surface area contributed by atoms with Crippen molar-refractivity contribution in [3.63, 3.8) is 0 Å². The van der Waals surface area contributed by atoms with Crippen LogP contribution in [0.15, 0.2) is 85.1 Å². The Bertz CT molecular complexity index is 1470. The average molecular weight is 676 g/mol. The fourth-order valence-corrected chi connectivity index (χ4v) is 5.54. The highest BCUT2D eigenvalue weighted by Gasteiger charge is 2.45. The molecule has 1 aromatic rings. The van der Waals surface area contributed by atoms with Crippen molar-refractivity contribution in [2.24, 2.45) is 0 Å². The van der Waals surface area contributed by atoms with Gasteiger partial charge in [0.25, 0.3) is 5.91 Å². The Morgan fingerprint density at radius 3 is 2.10 bits per heavy atom. The Balaban J connectivity index is 1.10. The van der Waals surface area contributed by atoms with Gasteiger partial charge in [0.15, 0.2) is 11.5 Å². The van der Waals surface area contributed by atoms with E-state index in [-0.39, 0.29) is 49.5 Å². The highest BCUT2D eigenvalue weighted by molar-refractivity contribution is 6.07. The Labute approximate surface area is 288 Å². The van der Waals surface area contributed by atoms with Crippen molar-refractivity contribution in [2.75, 3.05) is 20.0 Å². The van der Waals surface area contributed by atoms with E-state index in [1.165, 1.54) is 6.08 Å². The van der Waals surface area contributed by atoms with E-state index < -0.39 is 30.3 Å². The van der Waals surface area contributed by atoms with E-state index in [1.54, 1.807) is 6.07 Å². The number of fused-ring (bicyclic) bond motifs is 4. The van der Waals surface area contributed by atoms with Crippen LogP contribution >= 0.6 is 0 Å². The van der Waals surface area contributed by atoms with Gasteiger partial charge in [-0.2, -0.15) is 0 Å². The Morgan fingerprint density at radius 1 is 0.857 bits per heavy atom. The second kappa shape index (κ2) is 20.2. The first-order valence-electron chi connectivity index (χ1n) is 17.1. The van der Waals surface area contributed by atoms with Crippen molar-refractivity contribution in [3.05, 3.63) is 96.2 Å². The van der Waals surface area contributed by atoms with Crippen molar-refractivity contribution in [1.82, 2.24) is 5.32 Å². The maximum atomic E-state index is 13.1. The maximum absolute atomic E-state index is 13.1. The summed E-state index contributed by atoms with van der Waals surface area (Å²) in [5, 5.41) is 33.5. The Hall–Kier alpha value is -4.38. The molecule has 1 aliphatic carbocycles. The summed E-state index contributed by atoms with van der Waals surface area (Å²) < 4.78 is 22.4. The second-order valence-electron chi connectivity index (χ2n) is 11.8. The van der Waals surface area contributed by atoms with Gasteiger partial charge in [0.2, 0.25) is 12.5 Å². The van der Waals surface area contributed by atoms with Gasteiger partial charge in [-0.05, 0) is 62.7 Å². The zero-order chi connectivity index (χ0) is 34.8. The average Bonchev–Trinajstić information content (AvgIpc) is 3.57. The van der Waals surface area contributed by atoms with Crippen LogP contribution in [0.3, 0.4) is 0 Å². The van der Waals surface area contributed by atoms with Crippen LogP contribution in [0.2, 0.25) is 0 Å². The van der Waals surface area contributed by atoms with Crippen LogP contribution < -0.4 is 19.5 Å². The number of esters is 1. The number of rotatable bonds is 19. The lowest BCUT2D eigenvalue weighted by Gasteiger charge is -2.39. The van der Waals surface area contributed by atoms with Gasteiger partial charge in [-0.15, -0.1) is 0 Å². The van der Waals surface area contributed by atoms with Crippen molar-refractivity contribution in [2.45, 2.75) is 89.1 Å². The number of hydrogen-bond acceptors (Lipinski definition) is 9. The largest absolute Gasteiger partial charge is 0.489 e. The Kier molecular flexibility index (Phi) is 15.4. The summed E-state index contributed by atoms with van der Waals surface area (Å²) in [6.45, 7) is 2.36. The van der Waals surface area contributed by atoms with Gasteiger partial charge in [-0.1, -0.05) is 79.8 Å². The zero-order valence-electron chi connectivity index (χ0n) is 28.2. The number of ether oxygens (including phenoxy) is 4. The van der Waals surface area contributed by atoms with Crippen LogP contribution in [0.25, 0.3) is 5.57 Å². The first-order valence-corrected chi connectivity index (χ1v) is 17.1. The molecule has 10 nitrogen and oxygen atoms in total. The second-order valence-corrected chi connectivity index (χ2v) is 11.8. The number of aliphatic hydroxyl groups excluding tert-OH is 3. The Morgan fingerprint density at radius 2 is 1.47 bits per heavy atom. The summed E-state index contributed by atoms with van der Waals surface area (Å²) in [5.74, 6) is -0.0182. The van der Waals surface area contributed by atoms with Gasteiger partial charge < -0.3 is 39.6 Å². The van der Waals surface area contributed by atoms with E-state index in [4.69, 9.17) is 18.9 Å². The van der Waals surface area contributed by atoms with Crippen LogP contribution in [0.4, 0.5) is 0 Å². The molecule has 4 atom stereocenters. The third-order valence-corrected chi connectivity index (χ3v) is 8.08. The molecule has 0 radical (unpaired) electrons. The zero-order valence-corrected chi connectivity index (χ0v) is 28.2. The molecular weight excluding hydrogens is 626 g/mol. The number of allylic oxidation sites excluding steroid dienone is 12. The predicted molar refractivity (Wildman–Crippen MR) is 188 cm³/mol. The SMILES string of the molecule is CCC=CCC=CCC=CCC=CCC=CCC=CCCC(=O)OCCCOc1c2c(cc3c1C(=O)NC1C3=CC(O)C(O)C1O)OCO2. The van der Waals surface area contributed by atoms with Gasteiger partial charge >= 0.3 is 5.97 Å². The number of carbonyl (C=O) groups excluding carboxylic acids is 2. The van der Waals surface area contributed by atoms with Crippen LogP contribution in [0, 0.1) is 0 Å². The molecule has 0 spiro atoms. The van der Waals surface area contributed by atoms with E-state index in [2.05, 4.69) is 73.0 Å². The molecule has 10 heteroatoms. The normalized spacial score (nSPS) is 21.7. The molecule has 4 N–H and O–H groups in total. The lowest BCUT2D eigenvalue weighted by molar-refractivity contribution is -0.143. The molecule has 4 rings (SSSR count). The van der Waals surface area contributed by atoms with E-state index in [1.807, 2.05) is 12.2 Å². The highest BCUT2D eigenvalue weighted by Crippen LogP contribution is 2.49. The molecule has 4 unspecified atom stereocenters. The monoisotopic (exact) mass is 675 g/mol. The number of carbonyl (C=O) groups is 2. The van der Waals surface area contributed by atoms with Crippen molar-refractivity contribution < 1.29 is 43.9 Å². The number of benzene rings is 1. The molecule has 1 amide bonds. The first kappa shape index (κ1) is 37.4. The molecule has 264 valence electrons. The molecule has 0 aromatic heterocycles. The first-order chi connectivity index (χ1) is 23.9. The van der Waals surface area contributed by atoms with E-state index in [0.29, 0.717) is 29.7 Å². The van der Waals surface area contributed by atoms with Crippen LogP contribution in [0.5, 0.6) is 17.2 Å². The number of hydrogen-bond donors (Lipinski definition) is 4. The minimum Gasteiger partial charge on any atom is -0.489 e. The lowest BCUT2D eigenvalue weighted by Crippen LogP contribution is -2.57. The van der Waals surface area contributed by atoms with Gasteiger partial charge in [0.1, 0.15) is 18.3 Å². The molecule has 0 bridgehead atoms. The maximum Gasteiger partial charge on any atom is 0.306 e. The van der Waals surface area contributed by atoms with Crippen molar-refractivity contribution in [1.29, 1.82) is 0 Å². The number of aliphatic hydroxyl groups is 3. The minimum absolute atomic E-state index is 0.0585. The van der Waals surface area contributed by atoms with E-state index in [0.717, 1.165) is 38.5 Å². The van der Waals surface area contributed by atoms with E-state index >= 15 is 0 Å². The third-order valence-electron chi connectivity index (χ3n) is 8.08. The van der Waals surface area contributed by atoms with Gasteiger partial charge in [0, 0.05) is 18.4 Å². The van der Waals surface area contributed by atoms with Crippen molar-refractivity contribution >= 4 is 17.4 Å². The van der Waals surface area contributed by atoms with E-state index in [9.17, 15) is 24.9 Å². The molecule has 2 aliphatic heterocycles.